The van der Waals surface area contributed by atoms with Gasteiger partial charge in [-0.15, -0.1) is 11.3 Å². The zero-order valence-corrected chi connectivity index (χ0v) is 22.0. The molecule has 2 aromatic carbocycles. The fourth-order valence-electron chi connectivity index (χ4n) is 4.32. The number of halogens is 1. The Morgan fingerprint density at radius 1 is 1.08 bits per heavy atom. The SMILES string of the molecule is COC(=O)C1CC(C(=O)NCc2ccc(OC)cc2)N(S(=O)(=O)c2ccc(Cl)cc2)C1c1cccs1. The maximum atomic E-state index is 13.9. The number of hydrogen-bond donors (Lipinski definition) is 1. The molecule has 3 aromatic rings. The van der Waals surface area contributed by atoms with Gasteiger partial charge in [-0.25, -0.2) is 8.42 Å². The summed E-state index contributed by atoms with van der Waals surface area (Å²) < 4.78 is 39.1. The van der Waals surface area contributed by atoms with Crippen molar-refractivity contribution in [1.29, 1.82) is 0 Å². The number of carbonyl (C=O) groups is 2. The Hall–Kier alpha value is -2.92. The molecule has 0 radical (unpaired) electrons. The third kappa shape index (κ3) is 5.27. The Labute approximate surface area is 218 Å². The van der Waals surface area contributed by atoms with E-state index in [9.17, 15) is 18.0 Å². The van der Waals surface area contributed by atoms with Crippen molar-refractivity contribution in [2.45, 2.75) is 29.9 Å². The van der Waals surface area contributed by atoms with Crippen molar-refractivity contribution in [2.24, 2.45) is 5.92 Å². The van der Waals surface area contributed by atoms with Gasteiger partial charge in [0.05, 0.1) is 31.1 Å². The molecule has 0 bridgehead atoms. The highest BCUT2D eigenvalue weighted by Crippen LogP contribution is 2.46. The number of amides is 1. The van der Waals surface area contributed by atoms with Crippen LogP contribution in [0.4, 0.5) is 0 Å². The van der Waals surface area contributed by atoms with Crippen molar-refractivity contribution >= 4 is 44.8 Å². The van der Waals surface area contributed by atoms with Gasteiger partial charge in [-0.3, -0.25) is 9.59 Å². The molecule has 36 heavy (non-hydrogen) atoms. The van der Waals surface area contributed by atoms with Crippen LogP contribution in [0.3, 0.4) is 0 Å². The van der Waals surface area contributed by atoms with E-state index in [1.165, 1.54) is 42.7 Å². The maximum Gasteiger partial charge on any atom is 0.310 e. The number of nitrogens with zero attached hydrogens (tertiary/aromatic N) is 1. The van der Waals surface area contributed by atoms with Crippen LogP contribution in [0, 0.1) is 5.92 Å². The normalized spacial score (nSPS) is 20.1. The number of rotatable bonds is 8. The molecular weight excluding hydrogens is 524 g/mol. The number of carbonyl (C=O) groups excluding carboxylic acids is 2. The molecule has 1 N–H and O–H groups in total. The number of sulfonamides is 1. The highest BCUT2D eigenvalue weighted by molar-refractivity contribution is 7.89. The highest BCUT2D eigenvalue weighted by atomic mass is 35.5. The van der Waals surface area contributed by atoms with Gasteiger partial charge in [0.1, 0.15) is 11.8 Å². The van der Waals surface area contributed by atoms with Crippen LogP contribution in [0.15, 0.2) is 70.9 Å². The minimum Gasteiger partial charge on any atom is -0.497 e. The second-order valence-corrected chi connectivity index (χ2v) is 11.5. The van der Waals surface area contributed by atoms with Crippen LogP contribution in [-0.2, 0) is 30.9 Å². The van der Waals surface area contributed by atoms with Crippen molar-refractivity contribution < 1.29 is 27.5 Å². The van der Waals surface area contributed by atoms with E-state index in [1.807, 2.05) is 12.1 Å². The van der Waals surface area contributed by atoms with Crippen molar-refractivity contribution in [3.63, 3.8) is 0 Å². The fourth-order valence-corrected chi connectivity index (χ4v) is 7.20. The number of ether oxygens (including phenoxy) is 2. The predicted molar refractivity (Wildman–Crippen MR) is 136 cm³/mol. The number of nitrogens with one attached hydrogen (secondary N) is 1. The molecule has 190 valence electrons. The molecule has 1 fully saturated rings. The first-order chi connectivity index (χ1) is 17.3. The number of methoxy groups -OCH3 is 2. The van der Waals surface area contributed by atoms with Crippen LogP contribution in [0.5, 0.6) is 5.75 Å². The van der Waals surface area contributed by atoms with E-state index in [-0.39, 0.29) is 17.9 Å². The Morgan fingerprint density at radius 3 is 2.36 bits per heavy atom. The van der Waals surface area contributed by atoms with E-state index in [0.29, 0.717) is 15.6 Å². The minimum absolute atomic E-state index is 0.0174. The van der Waals surface area contributed by atoms with Gasteiger partial charge in [-0.2, -0.15) is 4.31 Å². The van der Waals surface area contributed by atoms with Crippen LogP contribution in [-0.4, -0.2) is 44.9 Å². The lowest BCUT2D eigenvalue weighted by atomic mass is 9.98. The quantitative estimate of drug-likeness (QED) is 0.427. The monoisotopic (exact) mass is 548 g/mol. The number of hydrogen-bond acceptors (Lipinski definition) is 7. The van der Waals surface area contributed by atoms with E-state index in [1.54, 1.807) is 36.8 Å². The van der Waals surface area contributed by atoms with Gasteiger partial charge in [0.25, 0.3) is 0 Å². The Bertz CT molecular complexity index is 1310. The molecule has 1 amide bonds. The molecule has 2 heterocycles. The summed E-state index contributed by atoms with van der Waals surface area (Å²) in [5.41, 5.74) is 0.814. The van der Waals surface area contributed by atoms with Crippen LogP contribution >= 0.6 is 22.9 Å². The molecule has 8 nitrogen and oxygen atoms in total. The summed E-state index contributed by atoms with van der Waals surface area (Å²) in [6, 6.07) is 14.4. The topological polar surface area (TPSA) is 102 Å². The first-order valence-electron chi connectivity index (χ1n) is 11.1. The lowest BCUT2D eigenvalue weighted by Gasteiger charge is -2.29. The van der Waals surface area contributed by atoms with Crippen LogP contribution in [0.1, 0.15) is 22.9 Å². The standard InChI is InChI=1S/C25H25ClN2O6S2/c1-33-18-9-5-16(6-10-18)15-27-24(29)21-14-20(25(30)34-2)23(22-4-3-13-35-22)28(21)36(31,32)19-11-7-17(26)8-12-19/h3-13,20-21,23H,14-15H2,1-2H3,(H,27,29). The molecule has 3 unspecified atom stereocenters. The zero-order chi connectivity index (χ0) is 25.9. The van der Waals surface area contributed by atoms with Crippen molar-refractivity contribution in [3.8, 4) is 5.75 Å². The Kier molecular flexibility index (Phi) is 7.99. The van der Waals surface area contributed by atoms with E-state index < -0.39 is 39.9 Å². The summed E-state index contributed by atoms with van der Waals surface area (Å²) in [4.78, 5) is 26.9. The molecule has 1 aliphatic heterocycles. The van der Waals surface area contributed by atoms with Gasteiger partial charge < -0.3 is 14.8 Å². The molecule has 0 saturated carbocycles. The summed E-state index contributed by atoms with van der Waals surface area (Å²) in [5, 5.41) is 5.01. The van der Waals surface area contributed by atoms with Gasteiger partial charge >= 0.3 is 5.97 Å². The minimum atomic E-state index is -4.20. The van der Waals surface area contributed by atoms with Gasteiger partial charge in [0.15, 0.2) is 0 Å². The number of esters is 1. The summed E-state index contributed by atoms with van der Waals surface area (Å²) in [6.07, 6.45) is -0.0174. The Balaban J connectivity index is 1.71. The highest BCUT2D eigenvalue weighted by Gasteiger charge is 2.54. The van der Waals surface area contributed by atoms with Gasteiger partial charge in [-0.05, 0) is 59.8 Å². The van der Waals surface area contributed by atoms with E-state index >= 15 is 0 Å². The lowest BCUT2D eigenvalue weighted by molar-refractivity contribution is -0.146. The van der Waals surface area contributed by atoms with E-state index in [2.05, 4.69) is 5.32 Å². The lowest BCUT2D eigenvalue weighted by Crippen LogP contribution is -2.46. The molecule has 0 aliphatic carbocycles. The molecular formula is C25H25ClN2O6S2. The summed E-state index contributed by atoms with van der Waals surface area (Å²) in [7, 11) is -1.38. The molecule has 1 aliphatic rings. The largest absolute Gasteiger partial charge is 0.497 e. The molecule has 4 rings (SSSR count). The summed E-state index contributed by atoms with van der Waals surface area (Å²) in [5.74, 6) is -1.25. The first-order valence-corrected chi connectivity index (χ1v) is 13.8. The zero-order valence-electron chi connectivity index (χ0n) is 19.6. The third-order valence-corrected chi connectivity index (χ3v) is 9.20. The Morgan fingerprint density at radius 2 is 1.78 bits per heavy atom. The molecule has 11 heteroatoms. The van der Waals surface area contributed by atoms with Crippen molar-refractivity contribution in [3.05, 3.63) is 81.5 Å². The van der Waals surface area contributed by atoms with Gasteiger partial charge in [0.2, 0.25) is 15.9 Å². The van der Waals surface area contributed by atoms with Crippen LogP contribution < -0.4 is 10.1 Å². The van der Waals surface area contributed by atoms with Crippen molar-refractivity contribution in [1.82, 2.24) is 9.62 Å². The molecule has 1 saturated heterocycles. The fraction of sp³-hybridized carbons (Fsp3) is 0.280. The van der Waals surface area contributed by atoms with Crippen LogP contribution in [0.25, 0.3) is 0 Å². The van der Waals surface area contributed by atoms with Crippen molar-refractivity contribution in [2.75, 3.05) is 14.2 Å². The number of benzene rings is 2. The third-order valence-electron chi connectivity index (χ3n) is 6.10. The second-order valence-electron chi connectivity index (χ2n) is 8.20. The molecule has 0 spiro atoms. The average Bonchev–Trinajstić information content (AvgIpc) is 3.56. The smallest absolute Gasteiger partial charge is 0.310 e. The van der Waals surface area contributed by atoms with Gasteiger partial charge in [-0.1, -0.05) is 29.8 Å². The van der Waals surface area contributed by atoms with Gasteiger partial charge in [0, 0.05) is 16.4 Å². The predicted octanol–water partition coefficient (Wildman–Crippen LogP) is 4.02. The molecule has 1 aromatic heterocycles. The first kappa shape index (κ1) is 26.2. The molecule has 3 atom stereocenters. The maximum absolute atomic E-state index is 13.9. The summed E-state index contributed by atoms with van der Waals surface area (Å²) in [6.45, 7) is 0.181. The van der Waals surface area contributed by atoms with E-state index in [4.69, 9.17) is 21.1 Å². The van der Waals surface area contributed by atoms with E-state index in [0.717, 1.165) is 9.87 Å². The number of thiophene rings is 1. The summed E-state index contributed by atoms with van der Waals surface area (Å²) >= 11 is 7.29. The van der Waals surface area contributed by atoms with Crippen LogP contribution in [0.2, 0.25) is 5.02 Å². The second kappa shape index (κ2) is 11.0. The average molecular weight is 549 g/mol.